The SMILES string of the molecule is CCNC(=NCC1(c2ccc(F)cc2)CCOCC1)NC1CCN(C(C)C)CC1.I. The molecule has 0 amide bonds. The summed E-state index contributed by atoms with van der Waals surface area (Å²) in [6.07, 6.45) is 4.10. The van der Waals surface area contributed by atoms with E-state index < -0.39 is 0 Å². The first-order valence-electron chi connectivity index (χ1n) is 11.1. The molecule has 0 aliphatic carbocycles. The molecule has 1 aromatic rings. The summed E-state index contributed by atoms with van der Waals surface area (Å²) in [5.41, 5.74) is 1.07. The average Bonchev–Trinajstić information content (AvgIpc) is 2.74. The third-order valence-electron chi connectivity index (χ3n) is 6.39. The van der Waals surface area contributed by atoms with E-state index in [0.717, 1.165) is 70.1 Å². The molecule has 0 unspecified atom stereocenters. The maximum absolute atomic E-state index is 13.5. The standard InChI is InChI=1S/C23H37FN4O.HI/c1-4-25-22(27-21-9-13-28(14-10-21)18(2)3)26-17-23(11-15-29-16-12-23)19-5-7-20(24)8-6-19;/h5-8,18,21H,4,9-17H2,1-3H3,(H2,25,26,27);1H. The van der Waals surface area contributed by atoms with Gasteiger partial charge in [0.2, 0.25) is 0 Å². The Bertz CT molecular complexity index is 654. The normalized spacial score (nSPS) is 20.6. The van der Waals surface area contributed by atoms with Gasteiger partial charge >= 0.3 is 0 Å². The van der Waals surface area contributed by atoms with E-state index >= 15 is 0 Å². The van der Waals surface area contributed by atoms with Gasteiger partial charge in [0.1, 0.15) is 5.82 Å². The predicted molar refractivity (Wildman–Crippen MR) is 132 cm³/mol. The number of nitrogens with zero attached hydrogens (tertiary/aromatic N) is 2. The van der Waals surface area contributed by atoms with Crippen molar-refractivity contribution in [2.45, 2.75) is 64.0 Å². The number of aliphatic imine (C=N–C) groups is 1. The number of nitrogens with one attached hydrogen (secondary N) is 2. The maximum Gasteiger partial charge on any atom is 0.191 e. The molecule has 2 aliphatic heterocycles. The number of rotatable bonds is 6. The fourth-order valence-electron chi connectivity index (χ4n) is 4.41. The van der Waals surface area contributed by atoms with E-state index in [-0.39, 0.29) is 35.2 Å². The third kappa shape index (κ3) is 6.79. The predicted octanol–water partition coefficient (Wildman–Crippen LogP) is 3.92. The van der Waals surface area contributed by atoms with Crippen molar-refractivity contribution in [3.05, 3.63) is 35.6 Å². The van der Waals surface area contributed by atoms with Crippen LogP contribution in [0.4, 0.5) is 4.39 Å². The Morgan fingerprint density at radius 3 is 2.40 bits per heavy atom. The zero-order chi connectivity index (χ0) is 20.7. The zero-order valence-corrected chi connectivity index (χ0v) is 21.0. The molecule has 0 aromatic heterocycles. The largest absolute Gasteiger partial charge is 0.381 e. The fourth-order valence-corrected chi connectivity index (χ4v) is 4.41. The molecular weight excluding hydrogens is 494 g/mol. The van der Waals surface area contributed by atoms with Crippen molar-refractivity contribution in [1.82, 2.24) is 15.5 Å². The van der Waals surface area contributed by atoms with Crippen molar-refractivity contribution >= 4 is 29.9 Å². The molecule has 170 valence electrons. The molecule has 2 saturated heterocycles. The summed E-state index contributed by atoms with van der Waals surface area (Å²) in [5.74, 6) is 0.700. The fraction of sp³-hybridized carbons (Fsp3) is 0.696. The second kappa shape index (κ2) is 12.2. The van der Waals surface area contributed by atoms with Gasteiger partial charge in [0.05, 0.1) is 6.54 Å². The molecule has 0 atom stereocenters. The van der Waals surface area contributed by atoms with Gasteiger partial charge in [0.15, 0.2) is 5.96 Å². The molecular formula is C23H38FIN4O. The summed E-state index contributed by atoms with van der Waals surface area (Å²) in [6.45, 7) is 11.9. The van der Waals surface area contributed by atoms with Crippen LogP contribution in [0, 0.1) is 5.82 Å². The van der Waals surface area contributed by atoms with Crippen LogP contribution in [0.1, 0.15) is 52.0 Å². The molecule has 0 spiro atoms. The van der Waals surface area contributed by atoms with E-state index in [1.165, 1.54) is 0 Å². The topological polar surface area (TPSA) is 48.9 Å². The highest BCUT2D eigenvalue weighted by atomic mass is 127. The summed E-state index contributed by atoms with van der Waals surface area (Å²) in [6, 6.07) is 8.02. The van der Waals surface area contributed by atoms with Crippen molar-refractivity contribution in [2.75, 3.05) is 39.4 Å². The molecule has 0 bridgehead atoms. The molecule has 3 rings (SSSR count). The second-order valence-electron chi connectivity index (χ2n) is 8.64. The lowest BCUT2D eigenvalue weighted by atomic mass is 9.74. The van der Waals surface area contributed by atoms with Gasteiger partial charge in [0.25, 0.3) is 0 Å². The lowest BCUT2D eigenvalue weighted by molar-refractivity contribution is 0.0530. The van der Waals surface area contributed by atoms with Gasteiger partial charge in [-0.3, -0.25) is 4.99 Å². The molecule has 5 nitrogen and oxygen atoms in total. The van der Waals surface area contributed by atoms with Crippen molar-refractivity contribution < 1.29 is 9.13 Å². The lowest BCUT2D eigenvalue weighted by Crippen LogP contribution is -2.50. The zero-order valence-electron chi connectivity index (χ0n) is 18.6. The number of ether oxygens (including phenoxy) is 1. The van der Waals surface area contributed by atoms with Crippen molar-refractivity contribution in [2.24, 2.45) is 4.99 Å². The summed E-state index contributed by atoms with van der Waals surface area (Å²) in [4.78, 5) is 7.52. The minimum Gasteiger partial charge on any atom is -0.381 e. The number of hydrogen-bond donors (Lipinski definition) is 2. The molecule has 1 aromatic carbocycles. The lowest BCUT2D eigenvalue weighted by Gasteiger charge is -2.37. The summed E-state index contributed by atoms with van der Waals surface area (Å²) in [5, 5.41) is 7.07. The van der Waals surface area contributed by atoms with Crippen LogP contribution in [0.5, 0.6) is 0 Å². The van der Waals surface area contributed by atoms with Crippen LogP contribution in [0.15, 0.2) is 29.3 Å². The van der Waals surface area contributed by atoms with Crippen LogP contribution >= 0.6 is 24.0 Å². The van der Waals surface area contributed by atoms with Gasteiger partial charge < -0.3 is 20.3 Å². The molecule has 7 heteroatoms. The number of piperidine rings is 1. The Kier molecular flexibility index (Phi) is 10.3. The number of benzene rings is 1. The quantitative estimate of drug-likeness (QED) is 0.332. The van der Waals surface area contributed by atoms with Crippen molar-refractivity contribution in [3.63, 3.8) is 0 Å². The highest BCUT2D eigenvalue weighted by Crippen LogP contribution is 2.35. The molecule has 2 aliphatic rings. The van der Waals surface area contributed by atoms with Crippen LogP contribution < -0.4 is 10.6 Å². The summed E-state index contributed by atoms with van der Waals surface area (Å²) < 4.78 is 19.1. The average molecular weight is 532 g/mol. The van der Waals surface area contributed by atoms with E-state index in [4.69, 9.17) is 9.73 Å². The molecule has 30 heavy (non-hydrogen) atoms. The second-order valence-corrected chi connectivity index (χ2v) is 8.64. The Hall–Kier alpha value is -0.930. The maximum atomic E-state index is 13.5. The molecule has 2 fully saturated rings. The molecule has 0 radical (unpaired) electrons. The van der Waals surface area contributed by atoms with E-state index in [0.29, 0.717) is 18.6 Å². The van der Waals surface area contributed by atoms with Gasteiger partial charge in [-0.1, -0.05) is 12.1 Å². The van der Waals surface area contributed by atoms with Crippen LogP contribution in [0.25, 0.3) is 0 Å². The van der Waals surface area contributed by atoms with E-state index in [1.54, 1.807) is 12.1 Å². The van der Waals surface area contributed by atoms with Gasteiger partial charge in [-0.2, -0.15) is 0 Å². The van der Waals surface area contributed by atoms with E-state index in [2.05, 4.69) is 36.3 Å². The first kappa shape index (κ1) is 25.3. The minimum absolute atomic E-state index is 0. The van der Waals surface area contributed by atoms with E-state index in [9.17, 15) is 4.39 Å². The van der Waals surface area contributed by atoms with Crippen molar-refractivity contribution in [3.8, 4) is 0 Å². The van der Waals surface area contributed by atoms with Crippen LogP contribution in [0.2, 0.25) is 0 Å². The van der Waals surface area contributed by atoms with Crippen LogP contribution in [-0.2, 0) is 10.2 Å². The Morgan fingerprint density at radius 2 is 1.83 bits per heavy atom. The third-order valence-corrected chi connectivity index (χ3v) is 6.39. The van der Waals surface area contributed by atoms with E-state index in [1.807, 2.05) is 12.1 Å². The van der Waals surface area contributed by atoms with Crippen molar-refractivity contribution in [1.29, 1.82) is 0 Å². The molecule has 0 saturated carbocycles. The van der Waals surface area contributed by atoms with Gasteiger partial charge in [0, 0.05) is 50.3 Å². The smallest absolute Gasteiger partial charge is 0.191 e. The Balaban J connectivity index is 0.00000320. The van der Waals surface area contributed by atoms with Gasteiger partial charge in [-0.25, -0.2) is 4.39 Å². The monoisotopic (exact) mass is 532 g/mol. The van der Waals surface area contributed by atoms with Crippen LogP contribution in [0.3, 0.4) is 0 Å². The summed E-state index contributed by atoms with van der Waals surface area (Å²) in [7, 11) is 0. The number of guanidine groups is 1. The molecule has 2 N–H and O–H groups in total. The highest BCUT2D eigenvalue weighted by molar-refractivity contribution is 14.0. The Morgan fingerprint density at radius 1 is 1.20 bits per heavy atom. The highest BCUT2D eigenvalue weighted by Gasteiger charge is 2.34. The minimum atomic E-state index is -0.192. The number of halogens is 2. The first-order chi connectivity index (χ1) is 14.0. The number of hydrogen-bond acceptors (Lipinski definition) is 3. The van der Waals surface area contributed by atoms with Crippen LogP contribution in [-0.4, -0.2) is 62.3 Å². The number of likely N-dealkylation sites (tertiary alicyclic amines) is 1. The van der Waals surface area contributed by atoms with Gasteiger partial charge in [-0.05, 0) is 64.2 Å². The molecule has 2 heterocycles. The van der Waals surface area contributed by atoms with Gasteiger partial charge in [-0.15, -0.1) is 24.0 Å². The summed E-state index contributed by atoms with van der Waals surface area (Å²) >= 11 is 0. The first-order valence-corrected chi connectivity index (χ1v) is 11.1. The Labute approximate surface area is 198 Å².